The number of rotatable bonds is 1. The number of aliphatic imine (C=N–C) groups is 2. The Hall–Kier alpha value is -2.63. The molecule has 122 valence electrons. The van der Waals surface area contributed by atoms with Crippen LogP contribution in [0.25, 0.3) is 10.9 Å². The van der Waals surface area contributed by atoms with Crippen molar-refractivity contribution in [2.24, 2.45) is 15.9 Å². The SMILES string of the molecule is Cc1cc2nc(N=C3N=C4CCCC4C(=O)N3)nc(C)c2cc1C. The number of carbonyl (C=O) groups excluding carboxylic acids is 1. The average molecular weight is 321 g/mol. The number of nitrogens with zero attached hydrogens (tertiary/aromatic N) is 4. The molecule has 1 fully saturated rings. The van der Waals surface area contributed by atoms with E-state index >= 15 is 0 Å². The third-order valence-corrected chi connectivity index (χ3v) is 4.82. The predicted octanol–water partition coefficient (Wildman–Crippen LogP) is 2.91. The largest absolute Gasteiger partial charge is 0.294 e. The van der Waals surface area contributed by atoms with Crippen LogP contribution in [0.4, 0.5) is 5.95 Å². The minimum Gasteiger partial charge on any atom is -0.294 e. The molecule has 6 heteroatoms. The van der Waals surface area contributed by atoms with Crippen LogP contribution in [0.2, 0.25) is 0 Å². The van der Waals surface area contributed by atoms with Crippen LogP contribution in [-0.4, -0.2) is 27.5 Å². The lowest BCUT2D eigenvalue weighted by molar-refractivity contribution is -0.121. The third kappa shape index (κ3) is 2.48. The number of hydrogen-bond acceptors (Lipinski definition) is 4. The van der Waals surface area contributed by atoms with Crippen molar-refractivity contribution in [1.82, 2.24) is 15.3 Å². The van der Waals surface area contributed by atoms with E-state index in [1.807, 2.05) is 13.0 Å². The fraction of sp³-hybridized carbons (Fsp3) is 0.389. The zero-order valence-corrected chi connectivity index (χ0v) is 14.1. The zero-order valence-electron chi connectivity index (χ0n) is 14.1. The number of benzene rings is 1. The standard InChI is InChI=1S/C18H19N5O/c1-9-7-13-11(3)19-17(21-15(13)8-10(9)2)23-18-20-14-6-4-5-12(14)16(24)22-18/h7-8,12H,4-6H2,1-3H3,(H,19,21,22,23,24). The number of fused-ring (bicyclic) bond motifs is 2. The van der Waals surface area contributed by atoms with Gasteiger partial charge in [0, 0.05) is 11.1 Å². The van der Waals surface area contributed by atoms with Crippen molar-refractivity contribution in [2.75, 3.05) is 0 Å². The van der Waals surface area contributed by atoms with Gasteiger partial charge in [-0.3, -0.25) is 10.1 Å². The number of nitrogens with one attached hydrogen (secondary N) is 1. The number of hydrogen-bond donors (Lipinski definition) is 1. The maximum Gasteiger partial charge on any atom is 0.253 e. The molecule has 1 aliphatic heterocycles. The van der Waals surface area contributed by atoms with Gasteiger partial charge in [0.05, 0.1) is 17.1 Å². The summed E-state index contributed by atoms with van der Waals surface area (Å²) >= 11 is 0. The van der Waals surface area contributed by atoms with Gasteiger partial charge in [-0.15, -0.1) is 0 Å². The maximum atomic E-state index is 12.1. The Balaban J connectivity index is 1.78. The summed E-state index contributed by atoms with van der Waals surface area (Å²) in [6.07, 6.45) is 2.75. The molecular weight excluding hydrogens is 302 g/mol. The van der Waals surface area contributed by atoms with Gasteiger partial charge in [-0.1, -0.05) is 0 Å². The summed E-state index contributed by atoms with van der Waals surface area (Å²) in [6, 6.07) is 4.14. The van der Waals surface area contributed by atoms with Gasteiger partial charge in [0.15, 0.2) is 0 Å². The first-order valence-corrected chi connectivity index (χ1v) is 8.24. The minimum absolute atomic E-state index is 0.0137. The number of amides is 1. The van der Waals surface area contributed by atoms with Gasteiger partial charge in [0.1, 0.15) is 0 Å². The molecule has 0 bridgehead atoms. The molecule has 2 heterocycles. The minimum atomic E-state index is -0.0752. The Bertz CT molecular complexity index is 929. The Morgan fingerprint density at radius 3 is 2.79 bits per heavy atom. The van der Waals surface area contributed by atoms with Gasteiger partial charge in [0.2, 0.25) is 11.9 Å². The summed E-state index contributed by atoms with van der Waals surface area (Å²) in [4.78, 5) is 30.0. The van der Waals surface area contributed by atoms with Crippen LogP contribution in [-0.2, 0) is 4.79 Å². The third-order valence-electron chi connectivity index (χ3n) is 4.82. The number of aromatic nitrogens is 2. The second-order valence-electron chi connectivity index (χ2n) is 6.54. The Morgan fingerprint density at radius 2 is 1.96 bits per heavy atom. The Kier molecular flexibility index (Phi) is 3.40. The molecule has 1 N–H and O–H groups in total. The molecule has 1 saturated carbocycles. The van der Waals surface area contributed by atoms with Crippen molar-refractivity contribution in [3.8, 4) is 0 Å². The fourth-order valence-electron chi connectivity index (χ4n) is 3.33. The molecule has 1 amide bonds. The van der Waals surface area contributed by atoms with Gasteiger partial charge in [-0.25, -0.2) is 15.0 Å². The predicted molar refractivity (Wildman–Crippen MR) is 93.8 cm³/mol. The lowest BCUT2D eigenvalue weighted by Crippen LogP contribution is -2.41. The van der Waals surface area contributed by atoms with Gasteiger partial charge >= 0.3 is 0 Å². The molecule has 1 aromatic carbocycles. The van der Waals surface area contributed by atoms with E-state index in [0.29, 0.717) is 11.9 Å². The zero-order chi connectivity index (χ0) is 16.8. The highest BCUT2D eigenvalue weighted by atomic mass is 16.2. The second kappa shape index (κ2) is 5.47. The molecule has 1 unspecified atom stereocenters. The van der Waals surface area contributed by atoms with Crippen LogP contribution >= 0.6 is 0 Å². The molecule has 0 spiro atoms. The van der Waals surface area contributed by atoms with Gasteiger partial charge in [0.25, 0.3) is 5.95 Å². The molecule has 1 atom stereocenters. The average Bonchev–Trinajstić information content (AvgIpc) is 2.98. The number of guanidine groups is 1. The lowest BCUT2D eigenvalue weighted by Gasteiger charge is -2.17. The molecular formula is C18H19N5O. The lowest BCUT2D eigenvalue weighted by atomic mass is 10.0. The molecule has 4 rings (SSSR count). The number of aryl methyl sites for hydroxylation is 3. The van der Waals surface area contributed by atoms with Gasteiger partial charge < -0.3 is 0 Å². The molecule has 2 aromatic rings. The van der Waals surface area contributed by atoms with Crippen molar-refractivity contribution in [1.29, 1.82) is 0 Å². The van der Waals surface area contributed by atoms with Crippen molar-refractivity contribution in [3.05, 3.63) is 29.0 Å². The molecule has 24 heavy (non-hydrogen) atoms. The Morgan fingerprint density at radius 1 is 1.17 bits per heavy atom. The molecule has 1 aromatic heterocycles. The summed E-state index contributed by atoms with van der Waals surface area (Å²) in [6.45, 7) is 6.08. The quantitative estimate of drug-likeness (QED) is 0.877. The molecule has 1 aliphatic carbocycles. The van der Waals surface area contributed by atoms with E-state index in [0.717, 1.165) is 41.6 Å². The van der Waals surface area contributed by atoms with Crippen LogP contribution in [0.3, 0.4) is 0 Å². The van der Waals surface area contributed by atoms with E-state index < -0.39 is 0 Å². The number of carbonyl (C=O) groups is 1. The van der Waals surface area contributed by atoms with Crippen molar-refractivity contribution >= 4 is 34.4 Å². The summed E-state index contributed by atoms with van der Waals surface area (Å²) in [5.74, 6) is 0.546. The van der Waals surface area contributed by atoms with E-state index in [-0.39, 0.29) is 11.8 Å². The van der Waals surface area contributed by atoms with E-state index in [2.05, 4.69) is 45.2 Å². The Labute approximate surface area is 140 Å². The highest BCUT2D eigenvalue weighted by Crippen LogP contribution is 2.26. The molecule has 6 nitrogen and oxygen atoms in total. The first-order chi connectivity index (χ1) is 11.5. The topological polar surface area (TPSA) is 79.6 Å². The highest BCUT2D eigenvalue weighted by Gasteiger charge is 2.33. The smallest absolute Gasteiger partial charge is 0.253 e. The molecule has 2 aliphatic rings. The van der Waals surface area contributed by atoms with Crippen molar-refractivity contribution in [2.45, 2.75) is 40.0 Å². The van der Waals surface area contributed by atoms with Crippen molar-refractivity contribution < 1.29 is 4.79 Å². The van der Waals surface area contributed by atoms with Crippen LogP contribution in [0.15, 0.2) is 22.1 Å². The van der Waals surface area contributed by atoms with E-state index in [9.17, 15) is 4.79 Å². The summed E-state index contributed by atoms with van der Waals surface area (Å²) < 4.78 is 0. The monoisotopic (exact) mass is 321 g/mol. The summed E-state index contributed by atoms with van der Waals surface area (Å²) in [5.41, 5.74) is 5.06. The second-order valence-corrected chi connectivity index (χ2v) is 6.54. The molecule has 0 saturated heterocycles. The van der Waals surface area contributed by atoms with Crippen LogP contribution in [0.1, 0.15) is 36.1 Å². The van der Waals surface area contributed by atoms with Gasteiger partial charge in [-0.05, 0) is 63.3 Å². The normalized spacial score (nSPS) is 21.8. The van der Waals surface area contributed by atoms with Crippen LogP contribution in [0, 0.1) is 26.7 Å². The van der Waals surface area contributed by atoms with Crippen molar-refractivity contribution in [3.63, 3.8) is 0 Å². The first-order valence-electron chi connectivity index (χ1n) is 8.24. The van der Waals surface area contributed by atoms with E-state index in [1.165, 1.54) is 11.1 Å². The van der Waals surface area contributed by atoms with E-state index in [1.54, 1.807) is 0 Å². The summed E-state index contributed by atoms with van der Waals surface area (Å²) in [7, 11) is 0. The van der Waals surface area contributed by atoms with Crippen LogP contribution in [0.5, 0.6) is 0 Å². The highest BCUT2D eigenvalue weighted by molar-refractivity contribution is 6.18. The van der Waals surface area contributed by atoms with Gasteiger partial charge in [-0.2, -0.15) is 4.99 Å². The van der Waals surface area contributed by atoms with E-state index in [4.69, 9.17) is 0 Å². The maximum absolute atomic E-state index is 12.1. The molecule has 0 radical (unpaired) electrons. The first kappa shape index (κ1) is 14.9. The fourth-order valence-corrected chi connectivity index (χ4v) is 3.33. The van der Waals surface area contributed by atoms with Crippen LogP contribution < -0.4 is 5.32 Å². The summed E-state index contributed by atoms with van der Waals surface area (Å²) in [5, 5.41) is 3.79.